The van der Waals surface area contributed by atoms with Crippen molar-refractivity contribution in [2.24, 2.45) is 0 Å². The zero-order valence-electron chi connectivity index (χ0n) is 14.8. The largest absolute Gasteiger partial charge is 1.00 e. The molecule has 1 unspecified atom stereocenters. The molecule has 1 aliphatic heterocycles. The van der Waals surface area contributed by atoms with Crippen LogP contribution in [0.2, 0.25) is 0 Å². The lowest BCUT2D eigenvalue weighted by Crippen LogP contribution is -3.00. The molecule has 3 aromatic rings. The molecule has 1 aliphatic rings. The zero-order chi connectivity index (χ0) is 17.8. The Kier molecular flexibility index (Phi) is 4.48. The van der Waals surface area contributed by atoms with Crippen LogP contribution in [0, 0.1) is 10.1 Å². The maximum Gasteiger partial charge on any atom is 0.433 e. The van der Waals surface area contributed by atoms with Crippen LogP contribution in [0.4, 0.5) is 11.6 Å². The van der Waals surface area contributed by atoms with Gasteiger partial charge in [-0.15, -0.1) is 0 Å². The van der Waals surface area contributed by atoms with Gasteiger partial charge in [0.15, 0.2) is 5.71 Å². The van der Waals surface area contributed by atoms with Crippen molar-refractivity contribution < 1.29 is 30.9 Å². The minimum atomic E-state index is -0.495. The molecule has 0 saturated carbocycles. The molecule has 1 aromatic heterocycles. The van der Waals surface area contributed by atoms with Crippen molar-refractivity contribution in [1.29, 1.82) is 0 Å². The van der Waals surface area contributed by atoms with E-state index in [0.29, 0.717) is 12.2 Å². The Morgan fingerprint density at radius 2 is 1.88 bits per heavy atom. The number of nitrogens with zero attached hydrogens (tertiary/aromatic N) is 2. The second-order valence-electron chi connectivity index (χ2n) is 6.83. The third kappa shape index (κ3) is 2.56. The zero-order valence-corrected chi connectivity index (χ0v) is 16.4. The predicted octanol–water partition coefficient (Wildman–Crippen LogP) is 1.59. The number of fused-ring (bicyclic) bond motifs is 3. The standard InChI is InChI=1S/C20H19N2O3.BrH/c1-13-20(2,12-15-9-11-18(25-15)22(23)24)17-10-8-14-6-4-5-7-16(14)19(17)21(13)3;/h4-11H,12H2,1-3H3;1H/q+1;/p-1. The second kappa shape index (κ2) is 6.36. The molecule has 4 rings (SSSR count). The molecule has 134 valence electrons. The average molecular weight is 415 g/mol. The molecule has 1 atom stereocenters. The molecule has 0 N–H and O–H groups in total. The maximum atomic E-state index is 10.9. The number of nitro groups is 1. The van der Waals surface area contributed by atoms with E-state index < -0.39 is 4.92 Å². The first-order chi connectivity index (χ1) is 11.9. The van der Waals surface area contributed by atoms with Gasteiger partial charge in [-0.1, -0.05) is 30.3 Å². The van der Waals surface area contributed by atoms with Crippen LogP contribution in [-0.4, -0.2) is 22.3 Å². The first kappa shape index (κ1) is 18.3. The fraction of sp³-hybridized carbons (Fsp3) is 0.250. The summed E-state index contributed by atoms with van der Waals surface area (Å²) in [6.07, 6.45) is 0.586. The summed E-state index contributed by atoms with van der Waals surface area (Å²) in [5, 5.41) is 13.3. The van der Waals surface area contributed by atoms with Crippen molar-refractivity contribution in [3.63, 3.8) is 0 Å². The number of halogens is 1. The van der Waals surface area contributed by atoms with E-state index in [4.69, 9.17) is 4.42 Å². The fourth-order valence-electron chi connectivity index (χ4n) is 3.93. The van der Waals surface area contributed by atoms with Crippen LogP contribution in [0.25, 0.3) is 10.8 Å². The molecule has 0 radical (unpaired) electrons. The van der Waals surface area contributed by atoms with Gasteiger partial charge >= 0.3 is 5.88 Å². The number of rotatable bonds is 3. The summed E-state index contributed by atoms with van der Waals surface area (Å²) in [6, 6.07) is 15.8. The van der Waals surface area contributed by atoms with Crippen LogP contribution in [0.15, 0.2) is 52.9 Å². The Hall–Kier alpha value is -2.47. The normalized spacial score (nSPS) is 18.7. The van der Waals surface area contributed by atoms with Gasteiger partial charge in [-0.25, -0.2) is 4.58 Å². The van der Waals surface area contributed by atoms with Crippen LogP contribution in [0.1, 0.15) is 25.2 Å². The fourth-order valence-corrected chi connectivity index (χ4v) is 3.93. The molecule has 0 fully saturated rings. The summed E-state index contributed by atoms with van der Waals surface area (Å²) < 4.78 is 7.66. The Bertz CT molecular complexity index is 1050. The molecule has 0 saturated heterocycles. The van der Waals surface area contributed by atoms with Gasteiger partial charge in [0.05, 0.1) is 16.9 Å². The van der Waals surface area contributed by atoms with Crippen LogP contribution < -0.4 is 17.0 Å². The number of hydrogen-bond acceptors (Lipinski definition) is 3. The van der Waals surface area contributed by atoms with E-state index >= 15 is 0 Å². The van der Waals surface area contributed by atoms with Gasteiger partial charge in [0.2, 0.25) is 5.69 Å². The van der Waals surface area contributed by atoms with E-state index in [1.807, 2.05) is 6.07 Å². The Labute approximate surface area is 161 Å². The van der Waals surface area contributed by atoms with Gasteiger partial charge < -0.3 is 21.4 Å². The van der Waals surface area contributed by atoms with Crippen molar-refractivity contribution in [2.45, 2.75) is 25.7 Å². The van der Waals surface area contributed by atoms with Crippen molar-refractivity contribution in [3.8, 4) is 0 Å². The lowest BCUT2D eigenvalue weighted by Gasteiger charge is -2.21. The lowest BCUT2D eigenvalue weighted by molar-refractivity contribution is -0.402. The first-order valence-corrected chi connectivity index (χ1v) is 8.25. The van der Waals surface area contributed by atoms with Crippen molar-refractivity contribution in [2.75, 3.05) is 7.05 Å². The van der Waals surface area contributed by atoms with Gasteiger partial charge in [-0.05, 0) is 24.4 Å². The van der Waals surface area contributed by atoms with Gasteiger partial charge in [0, 0.05) is 18.9 Å². The summed E-state index contributed by atoms with van der Waals surface area (Å²) in [5.74, 6) is 0.421. The molecule has 2 heterocycles. The first-order valence-electron chi connectivity index (χ1n) is 8.25. The maximum absolute atomic E-state index is 10.9. The van der Waals surface area contributed by atoms with E-state index in [1.54, 1.807) is 6.07 Å². The van der Waals surface area contributed by atoms with E-state index in [0.717, 1.165) is 0 Å². The minimum absolute atomic E-state index is 0. The highest BCUT2D eigenvalue weighted by Gasteiger charge is 2.46. The summed E-state index contributed by atoms with van der Waals surface area (Å²) in [4.78, 5) is 10.4. The topological polar surface area (TPSA) is 59.3 Å². The summed E-state index contributed by atoms with van der Waals surface area (Å²) in [7, 11) is 2.08. The number of benzene rings is 2. The van der Waals surface area contributed by atoms with Crippen LogP contribution in [-0.2, 0) is 11.8 Å². The van der Waals surface area contributed by atoms with Crippen LogP contribution >= 0.6 is 0 Å². The van der Waals surface area contributed by atoms with E-state index in [1.165, 1.54) is 33.8 Å². The summed E-state index contributed by atoms with van der Waals surface area (Å²) in [6.45, 7) is 4.29. The Balaban J connectivity index is 0.00000196. The molecule has 0 amide bonds. The SMILES string of the molecule is CC1=[N+](C)c2c(ccc3ccccc23)C1(C)Cc1ccc([N+](=O)[O-])o1.[Br-]. The predicted molar refractivity (Wildman–Crippen MR) is 96.9 cm³/mol. The molecule has 5 nitrogen and oxygen atoms in total. The lowest BCUT2D eigenvalue weighted by atomic mass is 9.76. The Morgan fingerprint density at radius 3 is 2.58 bits per heavy atom. The van der Waals surface area contributed by atoms with E-state index in [9.17, 15) is 10.1 Å². The second-order valence-corrected chi connectivity index (χ2v) is 6.83. The van der Waals surface area contributed by atoms with Gasteiger partial charge in [-0.3, -0.25) is 10.1 Å². The van der Waals surface area contributed by atoms with Crippen molar-refractivity contribution in [1.82, 2.24) is 0 Å². The van der Waals surface area contributed by atoms with Crippen LogP contribution in [0.3, 0.4) is 0 Å². The van der Waals surface area contributed by atoms with Crippen molar-refractivity contribution in [3.05, 3.63) is 70.0 Å². The molecule has 26 heavy (non-hydrogen) atoms. The number of hydrogen-bond donors (Lipinski definition) is 0. The molecule has 0 spiro atoms. The quantitative estimate of drug-likeness (QED) is 0.371. The van der Waals surface area contributed by atoms with E-state index in [-0.39, 0.29) is 28.3 Å². The van der Waals surface area contributed by atoms with Gasteiger partial charge in [0.25, 0.3) is 0 Å². The Morgan fingerprint density at radius 1 is 1.15 bits per heavy atom. The molecular formula is C20H19BrN2O3. The minimum Gasteiger partial charge on any atom is -1.00 e. The monoisotopic (exact) mass is 414 g/mol. The van der Waals surface area contributed by atoms with Crippen LogP contribution in [0.5, 0.6) is 0 Å². The van der Waals surface area contributed by atoms with Crippen molar-refractivity contribution >= 4 is 28.1 Å². The molecule has 0 aliphatic carbocycles. The third-order valence-corrected chi connectivity index (χ3v) is 5.49. The number of furan rings is 1. The smallest absolute Gasteiger partial charge is 0.433 e. The highest BCUT2D eigenvalue weighted by Crippen LogP contribution is 2.45. The van der Waals surface area contributed by atoms with Gasteiger partial charge in [0.1, 0.15) is 17.7 Å². The highest BCUT2D eigenvalue weighted by molar-refractivity contribution is 6.01. The third-order valence-electron chi connectivity index (χ3n) is 5.49. The molecule has 0 bridgehead atoms. The summed E-state index contributed by atoms with van der Waals surface area (Å²) in [5.41, 5.74) is 3.38. The summed E-state index contributed by atoms with van der Waals surface area (Å²) >= 11 is 0. The van der Waals surface area contributed by atoms with Gasteiger partial charge in [-0.2, -0.15) is 0 Å². The molecule has 6 heteroatoms. The van der Waals surface area contributed by atoms with E-state index in [2.05, 4.69) is 55.8 Å². The molecular weight excluding hydrogens is 396 g/mol. The molecule has 2 aromatic carbocycles. The highest BCUT2D eigenvalue weighted by atomic mass is 79.9. The average Bonchev–Trinajstić information content (AvgIpc) is 3.14.